The summed E-state index contributed by atoms with van der Waals surface area (Å²) < 4.78 is 13.6. The number of aryl methyl sites for hydroxylation is 1. The van der Waals surface area contributed by atoms with Crippen LogP contribution in [0.4, 0.5) is 0 Å². The molecule has 4 aromatic rings. The van der Waals surface area contributed by atoms with Gasteiger partial charge in [0.25, 0.3) is 0 Å². The lowest BCUT2D eigenvalue weighted by Gasteiger charge is -2.09. The average Bonchev–Trinajstić information content (AvgIpc) is 3.14. The fraction of sp³-hybridized carbons (Fsp3) is 0.222. The van der Waals surface area contributed by atoms with Crippen LogP contribution in [0.2, 0.25) is 0 Å². The van der Waals surface area contributed by atoms with Gasteiger partial charge in [-0.3, -0.25) is 4.79 Å². The zero-order valence-corrected chi connectivity index (χ0v) is 18.3. The molecular formula is C27H28N2O3. The highest BCUT2D eigenvalue weighted by molar-refractivity contribution is 5.92. The van der Waals surface area contributed by atoms with Gasteiger partial charge in [-0.15, -0.1) is 0 Å². The molecule has 0 saturated heterocycles. The van der Waals surface area contributed by atoms with Crippen molar-refractivity contribution in [2.75, 3.05) is 13.2 Å². The molecule has 0 aliphatic carbocycles. The van der Waals surface area contributed by atoms with Crippen LogP contribution in [0.15, 0.2) is 79.0 Å². The second-order valence-electron chi connectivity index (χ2n) is 7.70. The second kappa shape index (κ2) is 10.1. The van der Waals surface area contributed by atoms with Gasteiger partial charge < -0.3 is 19.8 Å². The monoisotopic (exact) mass is 428 g/mol. The van der Waals surface area contributed by atoms with Crippen LogP contribution in [0.25, 0.3) is 22.0 Å². The van der Waals surface area contributed by atoms with E-state index < -0.39 is 0 Å². The van der Waals surface area contributed by atoms with E-state index in [4.69, 9.17) is 15.2 Å². The first-order chi connectivity index (χ1) is 15.6. The number of amides is 1. The van der Waals surface area contributed by atoms with E-state index in [1.807, 2.05) is 61.7 Å². The number of primary amides is 1. The molecule has 0 radical (unpaired) electrons. The van der Waals surface area contributed by atoms with Crippen LogP contribution in [0.1, 0.15) is 18.9 Å². The van der Waals surface area contributed by atoms with Crippen LogP contribution in [-0.2, 0) is 17.8 Å². The fourth-order valence-electron chi connectivity index (χ4n) is 3.94. The lowest BCUT2D eigenvalue weighted by atomic mass is 10.0. The van der Waals surface area contributed by atoms with Crippen molar-refractivity contribution in [3.05, 3.63) is 84.6 Å². The molecule has 5 heteroatoms. The van der Waals surface area contributed by atoms with E-state index >= 15 is 0 Å². The molecule has 0 atom stereocenters. The van der Waals surface area contributed by atoms with Crippen molar-refractivity contribution in [3.63, 3.8) is 0 Å². The molecule has 0 spiro atoms. The topological polar surface area (TPSA) is 66.5 Å². The van der Waals surface area contributed by atoms with Crippen LogP contribution in [-0.4, -0.2) is 23.7 Å². The lowest BCUT2D eigenvalue weighted by molar-refractivity contribution is -0.117. The molecule has 2 N–H and O–H groups in total. The molecule has 0 unspecified atom stereocenters. The van der Waals surface area contributed by atoms with Gasteiger partial charge in [0.05, 0.1) is 19.6 Å². The zero-order valence-electron chi connectivity index (χ0n) is 18.3. The Morgan fingerprint density at radius 1 is 0.906 bits per heavy atom. The summed E-state index contributed by atoms with van der Waals surface area (Å²) >= 11 is 0. The highest BCUT2D eigenvalue weighted by atomic mass is 16.5. The van der Waals surface area contributed by atoms with E-state index in [-0.39, 0.29) is 12.3 Å². The minimum absolute atomic E-state index is 0.215. The number of aromatic nitrogens is 1. The second-order valence-corrected chi connectivity index (χ2v) is 7.70. The molecule has 0 fully saturated rings. The van der Waals surface area contributed by atoms with Crippen molar-refractivity contribution in [1.29, 1.82) is 0 Å². The maximum atomic E-state index is 11.7. The predicted octanol–water partition coefficient (Wildman–Crippen LogP) is 5.20. The van der Waals surface area contributed by atoms with Crippen LogP contribution in [0.3, 0.4) is 0 Å². The number of para-hydroxylation sites is 1. The van der Waals surface area contributed by atoms with Gasteiger partial charge in [-0.05, 0) is 66.4 Å². The average molecular weight is 429 g/mol. The first-order valence-corrected chi connectivity index (χ1v) is 10.9. The number of nitrogens with zero attached hydrogens (tertiary/aromatic N) is 1. The number of carbonyl (C=O) groups is 1. The number of ether oxygens (including phenoxy) is 2. The van der Waals surface area contributed by atoms with Crippen molar-refractivity contribution >= 4 is 16.8 Å². The van der Waals surface area contributed by atoms with Crippen molar-refractivity contribution in [2.45, 2.75) is 26.3 Å². The number of nitrogens with two attached hydrogens (primary N) is 1. The summed E-state index contributed by atoms with van der Waals surface area (Å²) in [7, 11) is 0. The minimum Gasteiger partial charge on any atom is -0.494 e. The molecule has 3 aromatic carbocycles. The van der Waals surface area contributed by atoms with Crippen molar-refractivity contribution in [2.24, 2.45) is 5.73 Å². The Labute approximate surface area is 188 Å². The molecule has 0 aliphatic rings. The van der Waals surface area contributed by atoms with E-state index in [0.29, 0.717) is 13.2 Å². The summed E-state index contributed by atoms with van der Waals surface area (Å²) in [5, 5.41) is 1.05. The minimum atomic E-state index is -0.333. The third-order valence-electron chi connectivity index (χ3n) is 5.36. The Balaban J connectivity index is 1.57. The molecular weight excluding hydrogens is 400 g/mol. The summed E-state index contributed by atoms with van der Waals surface area (Å²) in [6.45, 7) is 4.02. The van der Waals surface area contributed by atoms with Gasteiger partial charge in [-0.2, -0.15) is 0 Å². The highest BCUT2D eigenvalue weighted by Crippen LogP contribution is 2.30. The molecule has 0 saturated carbocycles. The van der Waals surface area contributed by atoms with Gasteiger partial charge in [0, 0.05) is 23.6 Å². The highest BCUT2D eigenvalue weighted by Gasteiger charge is 2.12. The van der Waals surface area contributed by atoms with Gasteiger partial charge in [0.1, 0.15) is 11.5 Å². The summed E-state index contributed by atoms with van der Waals surface area (Å²) in [5.41, 5.74) is 9.72. The Kier molecular flexibility index (Phi) is 6.75. The van der Waals surface area contributed by atoms with Gasteiger partial charge >= 0.3 is 0 Å². The van der Waals surface area contributed by atoms with Crippen LogP contribution in [0.5, 0.6) is 11.5 Å². The molecule has 1 aromatic heterocycles. The van der Waals surface area contributed by atoms with Crippen LogP contribution >= 0.6 is 0 Å². The zero-order chi connectivity index (χ0) is 22.3. The van der Waals surface area contributed by atoms with E-state index in [1.165, 1.54) is 0 Å². The van der Waals surface area contributed by atoms with E-state index in [9.17, 15) is 4.79 Å². The third kappa shape index (κ3) is 5.11. The summed E-state index contributed by atoms with van der Waals surface area (Å²) in [6, 6.07) is 24.2. The van der Waals surface area contributed by atoms with Crippen molar-refractivity contribution in [3.8, 4) is 22.6 Å². The van der Waals surface area contributed by atoms with Gasteiger partial charge in [-0.1, -0.05) is 36.4 Å². The molecule has 1 amide bonds. The number of hydrogen-bond acceptors (Lipinski definition) is 3. The molecule has 0 bridgehead atoms. The first kappa shape index (κ1) is 21.5. The Bertz CT molecular complexity index is 1200. The third-order valence-corrected chi connectivity index (χ3v) is 5.36. The Morgan fingerprint density at radius 2 is 1.69 bits per heavy atom. The van der Waals surface area contributed by atoms with E-state index in [0.717, 1.165) is 52.1 Å². The molecule has 0 aliphatic heterocycles. The van der Waals surface area contributed by atoms with E-state index in [2.05, 4.69) is 28.8 Å². The lowest BCUT2D eigenvalue weighted by Crippen LogP contribution is -2.13. The van der Waals surface area contributed by atoms with Crippen LogP contribution < -0.4 is 15.2 Å². The summed E-state index contributed by atoms with van der Waals surface area (Å²) in [6.07, 6.45) is 3.11. The number of rotatable bonds is 10. The van der Waals surface area contributed by atoms with Gasteiger partial charge in [0.2, 0.25) is 5.91 Å². The summed E-state index contributed by atoms with van der Waals surface area (Å²) in [5.74, 6) is 1.39. The van der Waals surface area contributed by atoms with Gasteiger partial charge in [0.15, 0.2) is 0 Å². The summed E-state index contributed by atoms with van der Waals surface area (Å²) in [4.78, 5) is 11.7. The number of carbonyl (C=O) groups excluding carboxylic acids is 1. The Morgan fingerprint density at radius 3 is 2.47 bits per heavy atom. The first-order valence-electron chi connectivity index (χ1n) is 10.9. The van der Waals surface area contributed by atoms with Crippen LogP contribution in [0, 0.1) is 0 Å². The maximum absolute atomic E-state index is 11.7. The molecule has 5 nitrogen and oxygen atoms in total. The SMILES string of the molecule is CCOc1cccc(-c2ccc3c(c2)c(CC(N)=O)cn3CCCOc2ccccc2)c1. The quantitative estimate of drug-likeness (QED) is 0.353. The smallest absolute Gasteiger partial charge is 0.221 e. The Hall–Kier alpha value is -3.73. The van der Waals surface area contributed by atoms with E-state index in [1.54, 1.807) is 0 Å². The fourth-order valence-corrected chi connectivity index (χ4v) is 3.94. The maximum Gasteiger partial charge on any atom is 0.221 e. The molecule has 1 heterocycles. The van der Waals surface area contributed by atoms with Crippen molar-refractivity contribution < 1.29 is 14.3 Å². The predicted molar refractivity (Wildman–Crippen MR) is 128 cm³/mol. The standard InChI is InChI=1S/C27H28N2O3/c1-2-31-24-11-6-8-20(16-24)21-12-13-26-25(17-21)22(18-27(28)30)19-29(26)14-7-15-32-23-9-4-3-5-10-23/h3-6,8-13,16-17,19H,2,7,14-15,18H2,1H3,(H2,28,30). The molecule has 32 heavy (non-hydrogen) atoms. The van der Waals surface area contributed by atoms with Gasteiger partial charge in [-0.25, -0.2) is 0 Å². The number of benzene rings is 3. The molecule has 4 rings (SSSR count). The molecule has 164 valence electrons. The largest absolute Gasteiger partial charge is 0.494 e. The van der Waals surface area contributed by atoms with Crippen molar-refractivity contribution in [1.82, 2.24) is 4.57 Å². The number of fused-ring (bicyclic) bond motifs is 1. The normalized spacial score (nSPS) is 10.9. The number of hydrogen-bond donors (Lipinski definition) is 1.